The summed E-state index contributed by atoms with van der Waals surface area (Å²) >= 11 is 0.563. The monoisotopic (exact) mass is 408 g/mol. The van der Waals surface area contributed by atoms with E-state index in [-0.39, 0.29) is 25.2 Å². The molecule has 0 aromatic rings. The molecule has 3 amide bonds. The molecule has 0 bridgehead atoms. The zero-order valence-electron chi connectivity index (χ0n) is 15.0. The number of amides is 3. The lowest BCUT2D eigenvalue weighted by molar-refractivity contribution is -0.143. The normalized spacial score (nSPS) is 12.4. The van der Waals surface area contributed by atoms with Crippen LogP contribution in [0.3, 0.4) is 0 Å². The summed E-state index contributed by atoms with van der Waals surface area (Å²) in [4.78, 5) is 57.5. The van der Waals surface area contributed by atoms with Gasteiger partial charge in [-0.25, -0.2) is 5.06 Å². The van der Waals surface area contributed by atoms with Crippen LogP contribution in [0.5, 0.6) is 0 Å². The molecule has 0 aliphatic heterocycles. The van der Waals surface area contributed by atoms with Crippen molar-refractivity contribution in [2.24, 2.45) is 5.73 Å². The van der Waals surface area contributed by atoms with Gasteiger partial charge in [-0.3, -0.25) is 29.2 Å². The van der Waals surface area contributed by atoms with Crippen molar-refractivity contribution in [1.82, 2.24) is 15.7 Å². The number of carboxylic acids is 1. The number of nitrogens with zero attached hydrogens (tertiary/aromatic N) is 1. The minimum absolute atomic E-state index is 0.131. The first-order valence-electron chi connectivity index (χ1n) is 7.88. The highest BCUT2D eigenvalue weighted by Crippen LogP contribution is 2.08. The number of nitrogens with one attached hydrogen (secondary N) is 2. The number of hydroxylamine groups is 2. The van der Waals surface area contributed by atoms with E-state index in [9.17, 15) is 24.0 Å². The van der Waals surface area contributed by atoms with E-state index in [1.165, 1.54) is 0 Å². The maximum Gasteiger partial charge on any atom is 0.325 e. The number of carbonyl (C=O) groups excluding carboxylic acids is 4. The second-order valence-electron chi connectivity index (χ2n) is 5.23. The van der Waals surface area contributed by atoms with Crippen molar-refractivity contribution in [3.63, 3.8) is 0 Å². The van der Waals surface area contributed by atoms with E-state index >= 15 is 0 Å². The fourth-order valence-electron chi connectivity index (χ4n) is 1.60. The van der Waals surface area contributed by atoms with Gasteiger partial charge in [0.25, 0.3) is 0 Å². The van der Waals surface area contributed by atoms with E-state index in [1.54, 1.807) is 6.92 Å². The molecular formula is C14H24N4O8S. The predicted octanol–water partition coefficient (Wildman–Crippen LogP) is -1.48. The van der Waals surface area contributed by atoms with Crippen LogP contribution in [-0.2, 0) is 23.9 Å². The number of rotatable bonds is 11. The Kier molecular flexibility index (Phi) is 11.8. The smallest absolute Gasteiger partial charge is 0.325 e. The molecule has 0 rings (SSSR count). The molecule has 2 atom stereocenters. The summed E-state index contributed by atoms with van der Waals surface area (Å²) in [5.74, 6) is -3.58. The molecule has 0 spiro atoms. The molecule has 0 fully saturated rings. The molecule has 0 aromatic heterocycles. The lowest BCUT2D eigenvalue weighted by Gasteiger charge is -2.18. The van der Waals surface area contributed by atoms with E-state index in [0.29, 0.717) is 16.8 Å². The Hall–Kier alpha value is -2.38. The average Bonchev–Trinajstić information content (AvgIpc) is 2.60. The Morgan fingerprint density at radius 3 is 2.41 bits per heavy atom. The van der Waals surface area contributed by atoms with Gasteiger partial charge in [0.05, 0.1) is 6.61 Å². The third-order valence-electron chi connectivity index (χ3n) is 3.00. The summed E-state index contributed by atoms with van der Waals surface area (Å²) < 4.78 is 4.66. The van der Waals surface area contributed by atoms with Crippen LogP contribution in [0.2, 0.25) is 0 Å². The first-order chi connectivity index (χ1) is 12.6. The van der Waals surface area contributed by atoms with Gasteiger partial charge in [-0.05, 0) is 13.3 Å². The van der Waals surface area contributed by atoms with E-state index in [1.807, 2.05) is 0 Å². The van der Waals surface area contributed by atoms with Gasteiger partial charge in [-0.15, -0.1) is 0 Å². The Balaban J connectivity index is 4.78. The molecule has 0 aromatic carbocycles. The van der Waals surface area contributed by atoms with Gasteiger partial charge in [0.15, 0.2) is 0 Å². The summed E-state index contributed by atoms with van der Waals surface area (Å²) in [5.41, 5.74) is 5.30. The lowest BCUT2D eigenvalue weighted by Crippen LogP contribution is -2.50. The van der Waals surface area contributed by atoms with E-state index in [2.05, 4.69) is 15.4 Å². The molecule has 0 heterocycles. The molecule has 0 aliphatic carbocycles. The first-order valence-corrected chi connectivity index (χ1v) is 8.87. The fraction of sp³-hybridized carbons (Fsp3) is 0.643. The molecule has 0 aliphatic rings. The fourth-order valence-corrected chi connectivity index (χ4v) is 2.33. The van der Waals surface area contributed by atoms with Crippen molar-refractivity contribution in [2.45, 2.75) is 31.8 Å². The summed E-state index contributed by atoms with van der Waals surface area (Å²) in [6.07, 6.45) is -0.405. The van der Waals surface area contributed by atoms with Crippen molar-refractivity contribution >= 4 is 40.8 Å². The summed E-state index contributed by atoms with van der Waals surface area (Å²) in [5, 5.41) is 21.9. The van der Waals surface area contributed by atoms with Crippen molar-refractivity contribution in [2.75, 3.05) is 26.0 Å². The Labute approximate surface area is 159 Å². The van der Waals surface area contributed by atoms with E-state index in [4.69, 9.17) is 16.0 Å². The summed E-state index contributed by atoms with van der Waals surface area (Å²) in [6, 6.07) is -2.44. The SMILES string of the molecule is CCOC(=O)CNC(=O)C(CSC(=O)N(C)O)NC(=O)CCC(N)C(=O)O. The molecular weight excluding hydrogens is 384 g/mol. The molecule has 2 unspecified atom stereocenters. The Bertz CT molecular complexity index is 557. The quantitative estimate of drug-likeness (QED) is 0.153. The average molecular weight is 408 g/mol. The number of esters is 1. The molecule has 0 radical (unpaired) electrons. The number of carbonyl (C=O) groups is 5. The highest BCUT2D eigenvalue weighted by molar-refractivity contribution is 8.13. The zero-order valence-corrected chi connectivity index (χ0v) is 15.8. The molecule has 154 valence electrons. The lowest BCUT2D eigenvalue weighted by atomic mass is 10.1. The van der Waals surface area contributed by atoms with Gasteiger partial charge in [-0.2, -0.15) is 0 Å². The van der Waals surface area contributed by atoms with Crippen LogP contribution in [0.4, 0.5) is 4.79 Å². The van der Waals surface area contributed by atoms with Crippen LogP contribution in [0.1, 0.15) is 19.8 Å². The summed E-state index contributed by atoms with van der Waals surface area (Å²) in [6.45, 7) is 1.30. The van der Waals surface area contributed by atoms with Gasteiger partial charge < -0.3 is 26.2 Å². The van der Waals surface area contributed by atoms with Crippen LogP contribution in [0.25, 0.3) is 0 Å². The minimum atomic E-state index is -1.27. The van der Waals surface area contributed by atoms with Gasteiger partial charge in [-0.1, -0.05) is 11.8 Å². The van der Waals surface area contributed by atoms with Gasteiger partial charge >= 0.3 is 17.2 Å². The van der Waals surface area contributed by atoms with Crippen LogP contribution >= 0.6 is 11.8 Å². The summed E-state index contributed by atoms with van der Waals surface area (Å²) in [7, 11) is 1.09. The number of ether oxygens (including phenoxy) is 1. The number of carboxylic acid groups (broad SMARTS) is 1. The molecule has 12 nitrogen and oxygen atoms in total. The molecule has 0 saturated carbocycles. The maximum absolute atomic E-state index is 12.2. The number of nitrogens with two attached hydrogens (primary N) is 1. The third-order valence-corrected chi connectivity index (χ3v) is 4.01. The van der Waals surface area contributed by atoms with Crippen molar-refractivity contribution in [3.05, 3.63) is 0 Å². The standard InChI is InChI=1S/C14H24N4O8S/c1-3-26-11(20)6-16-12(21)9(7-27-14(24)18(2)25)17-10(19)5-4-8(15)13(22)23/h8-9,25H,3-7,15H2,1-2H3,(H,16,21)(H,17,19)(H,22,23). The van der Waals surface area contributed by atoms with Gasteiger partial charge in [0.1, 0.15) is 18.6 Å². The number of hydrogen-bond donors (Lipinski definition) is 5. The largest absolute Gasteiger partial charge is 0.480 e. The molecule has 27 heavy (non-hydrogen) atoms. The first kappa shape index (κ1) is 24.6. The number of thioether (sulfide) groups is 1. The van der Waals surface area contributed by atoms with Crippen LogP contribution < -0.4 is 16.4 Å². The molecule has 6 N–H and O–H groups in total. The van der Waals surface area contributed by atoms with E-state index in [0.717, 1.165) is 7.05 Å². The topological polar surface area (TPSA) is 188 Å². The highest BCUT2D eigenvalue weighted by atomic mass is 32.2. The third kappa shape index (κ3) is 11.0. The van der Waals surface area contributed by atoms with E-state index < -0.39 is 47.6 Å². The maximum atomic E-state index is 12.2. The van der Waals surface area contributed by atoms with Crippen molar-refractivity contribution in [1.29, 1.82) is 0 Å². The highest BCUT2D eigenvalue weighted by Gasteiger charge is 2.24. The molecule has 0 saturated heterocycles. The second-order valence-corrected chi connectivity index (χ2v) is 6.20. The Morgan fingerprint density at radius 2 is 1.89 bits per heavy atom. The van der Waals surface area contributed by atoms with Crippen LogP contribution in [0, 0.1) is 0 Å². The predicted molar refractivity (Wildman–Crippen MR) is 93.8 cm³/mol. The van der Waals surface area contributed by atoms with Crippen molar-refractivity contribution < 1.29 is 39.0 Å². The zero-order chi connectivity index (χ0) is 21.0. The number of hydrogen-bond acceptors (Lipinski definition) is 9. The van der Waals surface area contributed by atoms with Crippen LogP contribution in [-0.4, -0.2) is 82.4 Å². The van der Waals surface area contributed by atoms with Crippen LogP contribution in [0.15, 0.2) is 0 Å². The minimum Gasteiger partial charge on any atom is -0.480 e. The van der Waals surface area contributed by atoms with Gasteiger partial charge in [0.2, 0.25) is 11.8 Å². The van der Waals surface area contributed by atoms with Gasteiger partial charge in [0, 0.05) is 19.2 Å². The second kappa shape index (κ2) is 12.9. The number of aliphatic carboxylic acids is 1. The molecule has 13 heteroatoms. The Morgan fingerprint density at radius 1 is 1.26 bits per heavy atom. The van der Waals surface area contributed by atoms with Crippen molar-refractivity contribution in [3.8, 4) is 0 Å².